The van der Waals surface area contributed by atoms with E-state index in [0.717, 1.165) is 0 Å². The van der Waals surface area contributed by atoms with Gasteiger partial charge in [0.2, 0.25) is 0 Å². The number of ether oxygens (including phenoxy) is 2. The second-order valence-electron chi connectivity index (χ2n) is 3.46. The molecular weight excluding hydrogens is 272 g/mol. The maximum Gasteiger partial charge on any atom is 0.373 e. The molecule has 0 bridgehead atoms. The first-order chi connectivity index (χ1) is 9.37. The highest BCUT2D eigenvalue weighted by molar-refractivity contribution is 5.74. The van der Waals surface area contributed by atoms with Crippen LogP contribution in [0.3, 0.4) is 0 Å². The van der Waals surface area contributed by atoms with E-state index in [1.54, 1.807) is 6.92 Å². The van der Waals surface area contributed by atoms with Crippen LogP contribution in [0.4, 0.5) is 5.69 Å². The van der Waals surface area contributed by atoms with E-state index in [1.807, 2.05) is 0 Å². The maximum atomic E-state index is 11.1. The molecule has 0 aliphatic rings. The quantitative estimate of drug-likeness (QED) is 0.448. The number of methoxy groups -OCH3 is 1. The molecule has 0 fully saturated rings. The molecule has 1 aromatic heterocycles. The molecule has 20 heavy (non-hydrogen) atoms. The molecule has 9 nitrogen and oxygen atoms in total. The van der Waals surface area contributed by atoms with Crippen LogP contribution in [0, 0.1) is 17.0 Å². The summed E-state index contributed by atoms with van der Waals surface area (Å²) in [5, 5.41) is 10.8. The molecule has 0 aliphatic carbocycles. The number of aromatic nitrogens is 1. The van der Waals surface area contributed by atoms with E-state index in [1.165, 1.54) is 26.3 Å². The van der Waals surface area contributed by atoms with E-state index in [2.05, 4.69) is 9.72 Å². The number of pyridine rings is 1. The number of hydrogen-bond acceptors (Lipinski definition) is 8. The molecule has 1 rings (SSSR count). The number of esters is 1. The Morgan fingerprint density at radius 3 is 2.50 bits per heavy atom. The summed E-state index contributed by atoms with van der Waals surface area (Å²) in [7, 11) is 1.21. The lowest BCUT2D eigenvalue weighted by molar-refractivity contribution is -0.386. The third-order valence-corrected chi connectivity index (χ3v) is 1.99. The van der Waals surface area contributed by atoms with Gasteiger partial charge < -0.3 is 9.47 Å². The van der Waals surface area contributed by atoms with Crippen molar-refractivity contribution in [2.24, 2.45) is 0 Å². The largest absolute Gasteiger partial charge is 0.466 e. The molecule has 0 amide bonds. The van der Waals surface area contributed by atoms with Gasteiger partial charge in [-0.05, 0) is 19.4 Å². The minimum Gasteiger partial charge on any atom is -0.466 e. The minimum absolute atomic E-state index is 0.196. The highest BCUT2D eigenvalue weighted by Crippen LogP contribution is 2.25. The van der Waals surface area contributed by atoms with Crippen molar-refractivity contribution in [2.75, 3.05) is 7.11 Å². The minimum atomic E-state index is -0.950. The number of carbonyl (C=O) groups excluding carboxylic acids is 3. The number of rotatable bonds is 4. The van der Waals surface area contributed by atoms with E-state index >= 15 is 0 Å². The van der Waals surface area contributed by atoms with Crippen molar-refractivity contribution in [3.8, 4) is 5.88 Å². The van der Waals surface area contributed by atoms with Crippen LogP contribution in [-0.2, 0) is 19.1 Å². The zero-order chi connectivity index (χ0) is 15.7. The van der Waals surface area contributed by atoms with Gasteiger partial charge in [0.15, 0.2) is 6.10 Å². The van der Waals surface area contributed by atoms with Crippen molar-refractivity contribution in [3.05, 3.63) is 27.9 Å². The number of carbonyl (C=O) groups is 1. The van der Waals surface area contributed by atoms with Gasteiger partial charge in [0, 0.05) is 12.3 Å². The standard InChI is InChI=1S/C10H12N2O5.CO2/c1-6-4-8(12(14)15)9(11-5-6)17-7(2)10(13)16-3;2-1-3/h4-5,7H,1-3H3;/t7-;/m0./s1. The Bertz CT molecular complexity index is 524. The Morgan fingerprint density at radius 1 is 1.50 bits per heavy atom. The number of nitrogens with zero attached hydrogens (tertiary/aromatic N) is 2. The molecule has 0 N–H and O–H groups in total. The fraction of sp³-hybridized carbons (Fsp3) is 0.364. The number of aryl methyl sites for hydroxylation is 1. The molecule has 0 saturated heterocycles. The second-order valence-corrected chi connectivity index (χ2v) is 3.46. The highest BCUT2D eigenvalue weighted by atomic mass is 16.6. The third-order valence-electron chi connectivity index (χ3n) is 1.99. The summed E-state index contributed by atoms with van der Waals surface area (Å²) >= 11 is 0. The van der Waals surface area contributed by atoms with Crippen LogP contribution >= 0.6 is 0 Å². The predicted octanol–water partition coefficient (Wildman–Crippen LogP) is 0.655. The summed E-state index contributed by atoms with van der Waals surface area (Å²) in [6.07, 6.45) is 0.723. The molecular formula is C11H12N2O7. The van der Waals surface area contributed by atoms with E-state index in [0.29, 0.717) is 5.56 Å². The van der Waals surface area contributed by atoms with Gasteiger partial charge in [0.25, 0.3) is 5.88 Å². The molecule has 0 aromatic carbocycles. The van der Waals surface area contributed by atoms with Crippen LogP contribution < -0.4 is 4.74 Å². The van der Waals surface area contributed by atoms with Crippen LogP contribution in [0.2, 0.25) is 0 Å². The van der Waals surface area contributed by atoms with Crippen molar-refractivity contribution in [2.45, 2.75) is 20.0 Å². The lowest BCUT2D eigenvalue weighted by Crippen LogP contribution is -2.25. The predicted molar refractivity (Wildman–Crippen MR) is 62.7 cm³/mol. The molecule has 1 aromatic rings. The first-order valence-corrected chi connectivity index (χ1v) is 5.22. The van der Waals surface area contributed by atoms with Crippen molar-refractivity contribution >= 4 is 17.8 Å². The van der Waals surface area contributed by atoms with Crippen LogP contribution in [0.5, 0.6) is 5.88 Å². The Hall–Kier alpha value is -2.80. The zero-order valence-electron chi connectivity index (χ0n) is 11.0. The van der Waals surface area contributed by atoms with Gasteiger partial charge in [-0.3, -0.25) is 10.1 Å². The summed E-state index contributed by atoms with van der Waals surface area (Å²) in [5.74, 6) is -0.819. The smallest absolute Gasteiger partial charge is 0.373 e. The molecule has 0 unspecified atom stereocenters. The molecule has 0 aliphatic heterocycles. The van der Waals surface area contributed by atoms with Gasteiger partial charge in [-0.1, -0.05) is 0 Å². The molecule has 1 heterocycles. The van der Waals surface area contributed by atoms with E-state index in [-0.39, 0.29) is 17.7 Å². The fourth-order valence-corrected chi connectivity index (χ4v) is 1.14. The molecule has 1 atom stereocenters. The monoisotopic (exact) mass is 284 g/mol. The van der Waals surface area contributed by atoms with Gasteiger partial charge in [0.1, 0.15) is 0 Å². The second kappa shape index (κ2) is 8.33. The van der Waals surface area contributed by atoms with Crippen molar-refractivity contribution in [1.82, 2.24) is 4.98 Å². The SMILES string of the molecule is COC(=O)[C@H](C)Oc1ncc(C)cc1[N+](=O)[O-].O=C=O. The summed E-state index contributed by atoms with van der Waals surface area (Å²) < 4.78 is 9.53. The fourth-order valence-electron chi connectivity index (χ4n) is 1.14. The first kappa shape index (κ1) is 17.2. The third kappa shape index (κ3) is 5.23. The van der Waals surface area contributed by atoms with E-state index in [9.17, 15) is 14.9 Å². The van der Waals surface area contributed by atoms with Crippen molar-refractivity contribution in [3.63, 3.8) is 0 Å². The summed E-state index contributed by atoms with van der Waals surface area (Å²) in [5.41, 5.74) is 0.357. The summed E-state index contributed by atoms with van der Waals surface area (Å²) in [4.78, 5) is 41.3. The average Bonchev–Trinajstić information content (AvgIpc) is 2.40. The van der Waals surface area contributed by atoms with Crippen molar-refractivity contribution in [1.29, 1.82) is 0 Å². The van der Waals surface area contributed by atoms with Gasteiger partial charge >= 0.3 is 17.8 Å². The average molecular weight is 284 g/mol. The van der Waals surface area contributed by atoms with Gasteiger partial charge in [-0.25, -0.2) is 9.78 Å². The van der Waals surface area contributed by atoms with E-state index < -0.39 is 17.0 Å². The Labute approximate surface area is 113 Å². The van der Waals surface area contributed by atoms with Gasteiger partial charge in [-0.2, -0.15) is 9.59 Å². The number of nitro groups is 1. The van der Waals surface area contributed by atoms with Crippen LogP contribution in [0.25, 0.3) is 0 Å². The Morgan fingerprint density at radius 2 is 2.05 bits per heavy atom. The molecule has 0 saturated carbocycles. The van der Waals surface area contributed by atoms with E-state index in [4.69, 9.17) is 14.3 Å². The Kier molecular flexibility index (Phi) is 7.16. The first-order valence-electron chi connectivity index (χ1n) is 5.22. The van der Waals surface area contributed by atoms with Crippen LogP contribution in [-0.4, -0.2) is 35.2 Å². The zero-order valence-corrected chi connectivity index (χ0v) is 11.0. The summed E-state index contributed by atoms with van der Waals surface area (Å²) in [6.45, 7) is 3.10. The lowest BCUT2D eigenvalue weighted by atomic mass is 10.3. The maximum absolute atomic E-state index is 11.1. The summed E-state index contributed by atoms with van der Waals surface area (Å²) in [6, 6.07) is 1.33. The van der Waals surface area contributed by atoms with Crippen LogP contribution in [0.15, 0.2) is 12.3 Å². The topological polar surface area (TPSA) is 126 Å². The number of hydrogen-bond donors (Lipinski definition) is 0. The van der Waals surface area contributed by atoms with Crippen molar-refractivity contribution < 1.29 is 28.8 Å². The Balaban J connectivity index is 0.00000110. The molecule has 0 spiro atoms. The molecule has 9 heteroatoms. The van der Waals surface area contributed by atoms with Crippen LogP contribution in [0.1, 0.15) is 12.5 Å². The highest BCUT2D eigenvalue weighted by Gasteiger charge is 2.22. The van der Waals surface area contributed by atoms with Gasteiger partial charge in [0.05, 0.1) is 12.0 Å². The van der Waals surface area contributed by atoms with Gasteiger partial charge in [-0.15, -0.1) is 0 Å². The normalized spacial score (nSPS) is 10.3. The molecule has 0 radical (unpaired) electrons. The lowest BCUT2D eigenvalue weighted by Gasteiger charge is -2.11. The molecule has 108 valence electrons.